The summed E-state index contributed by atoms with van der Waals surface area (Å²) in [7, 11) is -3.54. The molecule has 2 amide bonds. The van der Waals surface area contributed by atoms with Crippen molar-refractivity contribution in [3.8, 4) is 11.5 Å². The second kappa shape index (κ2) is 9.72. The Morgan fingerprint density at radius 2 is 1.97 bits per heavy atom. The molecule has 0 bridgehead atoms. The van der Waals surface area contributed by atoms with Crippen LogP contribution < -0.4 is 10.9 Å². The molecule has 1 fully saturated rings. The topological polar surface area (TPSA) is 122 Å². The maximum absolute atomic E-state index is 13.0. The molecule has 174 valence electrons. The van der Waals surface area contributed by atoms with E-state index in [2.05, 4.69) is 15.8 Å². The lowest BCUT2D eigenvalue weighted by Gasteiger charge is -2.33. The molecule has 33 heavy (non-hydrogen) atoms. The van der Waals surface area contributed by atoms with Crippen LogP contribution in [0.5, 0.6) is 0 Å². The zero-order chi connectivity index (χ0) is 23.4. The van der Waals surface area contributed by atoms with E-state index in [9.17, 15) is 18.0 Å². The van der Waals surface area contributed by atoms with Crippen molar-refractivity contribution < 1.29 is 22.4 Å². The number of sulfonamides is 1. The normalized spacial score (nSPS) is 17.1. The Morgan fingerprint density at radius 1 is 1.15 bits per heavy atom. The van der Waals surface area contributed by atoms with E-state index in [-0.39, 0.29) is 5.75 Å². The molecule has 3 aromatic rings. The van der Waals surface area contributed by atoms with Gasteiger partial charge >= 0.3 is 0 Å². The summed E-state index contributed by atoms with van der Waals surface area (Å²) >= 11 is 0. The second-order valence-corrected chi connectivity index (χ2v) is 9.97. The number of benzene rings is 1. The fourth-order valence-corrected chi connectivity index (χ4v) is 5.80. The fourth-order valence-electron chi connectivity index (χ4n) is 4.06. The zero-order valence-corrected chi connectivity index (χ0v) is 19.1. The lowest BCUT2D eigenvalue weighted by atomic mass is 10.0. The molecule has 3 heterocycles. The molecule has 1 aliphatic rings. The highest BCUT2D eigenvalue weighted by Gasteiger charge is 2.36. The van der Waals surface area contributed by atoms with E-state index in [1.165, 1.54) is 10.6 Å². The first kappa shape index (κ1) is 22.9. The summed E-state index contributed by atoms with van der Waals surface area (Å²) in [6, 6.07) is 11.4. The molecular weight excluding hydrogens is 444 g/mol. The van der Waals surface area contributed by atoms with Crippen LogP contribution >= 0.6 is 0 Å². The molecule has 10 heteroatoms. The molecule has 0 spiro atoms. The smallest absolute Gasteiger partial charge is 0.270 e. The van der Waals surface area contributed by atoms with Crippen LogP contribution in [0.2, 0.25) is 0 Å². The van der Waals surface area contributed by atoms with Gasteiger partial charge in [-0.2, -0.15) is 4.31 Å². The Labute approximate surface area is 192 Å². The quantitative estimate of drug-likeness (QED) is 0.534. The van der Waals surface area contributed by atoms with E-state index in [0.717, 1.165) is 6.42 Å². The summed E-state index contributed by atoms with van der Waals surface area (Å²) < 4.78 is 31.9. The number of hydrazine groups is 1. The van der Waals surface area contributed by atoms with Crippen LogP contribution in [0.25, 0.3) is 22.4 Å². The highest BCUT2D eigenvalue weighted by atomic mass is 32.2. The number of fused-ring (bicyclic) bond motifs is 1. The van der Waals surface area contributed by atoms with Crippen LogP contribution in [-0.4, -0.2) is 47.9 Å². The number of para-hydroxylation sites is 1. The molecule has 2 N–H and O–H groups in total. The molecule has 1 unspecified atom stereocenters. The van der Waals surface area contributed by atoms with E-state index in [0.29, 0.717) is 53.7 Å². The van der Waals surface area contributed by atoms with Crippen molar-refractivity contribution in [3.05, 3.63) is 54.3 Å². The predicted octanol–water partition coefficient (Wildman–Crippen LogP) is 2.85. The van der Waals surface area contributed by atoms with E-state index in [4.69, 9.17) is 4.42 Å². The van der Waals surface area contributed by atoms with E-state index < -0.39 is 27.9 Å². The van der Waals surface area contributed by atoms with Gasteiger partial charge in [0, 0.05) is 11.9 Å². The molecule has 9 nitrogen and oxygen atoms in total. The van der Waals surface area contributed by atoms with E-state index >= 15 is 0 Å². The first-order chi connectivity index (χ1) is 15.9. The minimum Gasteiger partial charge on any atom is -0.463 e. The number of hydrogen-bond donors (Lipinski definition) is 2. The second-order valence-electron chi connectivity index (χ2n) is 7.93. The molecule has 1 aliphatic heterocycles. The maximum Gasteiger partial charge on any atom is 0.270 e. The minimum atomic E-state index is -3.54. The van der Waals surface area contributed by atoms with Gasteiger partial charge in [-0.15, -0.1) is 0 Å². The van der Waals surface area contributed by atoms with Crippen molar-refractivity contribution in [1.82, 2.24) is 20.1 Å². The Hall–Kier alpha value is -3.24. The third-order valence-corrected chi connectivity index (χ3v) is 7.69. The Bertz CT molecular complexity index is 1260. The summed E-state index contributed by atoms with van der Waals surface area (Å²) in [5, 5.41) is 0.615. The van der Waals surface area contributed by atoms with Crippen molar-refractivity contribution in [3.63, 3.8) is 0 Å². The number of piperidine rings is 1. The monoisotopic (exact) mass is 470 g/mol. The molecule has 1 aromatic carbocycles. The number of carbonyl (C=O) groups excluding carboxylic acids is 2. The summed E-state index contributed by atoms with van der Waals surface area (Å²) in [5.41, 5.74) is 6.27. The summed E-state index contributed by atoms with van der Waals surface area (Å²) in [4.78, 5) is 30.4. The zero-order valence-electron chi connectivity index (χ0n) is 18.3. The number of pyridine rings is 1. The number of nitrogens with one attached hydrogen (secondary N) is 2. The van der Waals surface area contributed by atoms with E-state index in [1.54, 1.807) is 43.3 Å². The van der Waals surface area contributed by atoms with Gasteiger partial charge in [-0.1, -0.05) is 31.5 Å². The average Bonchev–Trinajstić information content (AvgIpc) is 3.37. The highest BCUT2D eigenvalue weighted by molar-refractivity contribution is 7.89. The minimum absolute atomic E-state index is 0.0122. The summed E-state index contributed by atoms with van der Waals surface area (Å²) in [6.45, 7) is 2.09. The molecule has 1 atom stereocenters. The first-order valence-corrected chi connectivity index (χ1v) is 12.5. The fraction of sp³-hybridized carbons (Fsp3) is 0.348. The van der Waals surface area contributed by atoms with Gasteiger partial charge in [0.05, 0.1) is 23.1 Å². The van der Waals surface area contributed by atoms with E-state index in [1.807, 2.05) is 6.07 Å². The summed E-state index contributed by atoms with van der Waals surface area (Å²) in [5.74, 6) is -0.583. The number of rotatable bonds is 6. The number of aromatic nitrogens is 1. The van der Waals surface area contributed by atoms with Crippen molar-refractivity contribution in [2.45, 2.75) is 38.6 Å². The first-order valence-electron chi connectivity index (χ1n) is 10.9. The number of hydrogen-bond acceptors (Lipinski definition) is 6. The number of amides is 2. The van der Waals surface area contributed by atoms with Crippen molar-refractivity contribution in [2.75, 3.05) is 12.3 Å². The van der Waals surface area contributed by atoms with Gasteiger partial charge in [0.15, 0.2) is 5.76 Å². The Morgan fingerprint density at radius 3 is 2.73 bits per heavy atom. The van der Waals surface area contributed by atoms with Gasteiger partial charge in [-0.25, -0.2) is 13.4 Å². The third-order valence-electron chi connectivity index (χ3n) is 5.61. The van der Waals surface area contributed by atoms with Crippen LogP contribution in [0.1, 0.15) is 43.0 Å². The van der Waals surface area contributed by atoms with Crippen LogP contribution in [0.4, 0.5) is 0 Å². The largest absolute Gasteiger partial charge is 0.463 e. The number of nitrogens with zero attached hydrogens (tertiary/aromatic N) is 2. The lowest BCUT2D eigenvalue weighted by molar-refractivity contribution is -0.126. The van der Waals surface area contributed by atoms with Gasteiger partial charge in [0.25, 0.3) is 11.8 Å². The predicted molar refractivity (Wildman–Crippen MR) is 123 cm³/mol. The van der Waals surface area contributed by atoms with Crippen LogP contribution in [-0.2, 0) is 14.8 Å². The molecule has 1 saturated heterocycles. The number of carbonyl (C=O) groups is 2. The lowest BCUT2D eigenvalue weighted by Crippen LogP contribution is -2.55. The number of furan rings is 1. The molecular formula is C23H26N4O5S. The van der Waals surface area contributed by atoms with Crippen LogP contribution in [0, 0.1) is 0 Å². The molecule has 0 saturated carbocycles. The standard InChI is InChI=1S/C23H26N4O5S/c1-2-14-33(30,31)27-12-6-5-10-20(27)23(29)26-25-22(28)17-15-19(21-11-7-13-32-21)24-18-9-4-3-8-16(17)18/h3-4,7-9,11,13,15,20H,2,5-6,10,12,14H2,1H3,(H,25,28)(H,26,29). The molecule has 0 aliphatic carbocycles. The average molecular weight is 471 g/mol. The van der Waals surface area contributed by atoms with Gasteiger partial charge in [0.2, 0.25) is 10.0 Å². The van der Waals surface area contributed by atoms with Crippen LogP contribution in [0.15, 0.2) is 53.1 Å². The van der Waals surface area contributed by atoms with Gasteiger partial charge in [-0.3, -0.25) is 20.4 Å². The highest BCUT2D eigenvalue weighted by Crippen LogP contribution is 2.25. The molecule has 4 rings (SSSR count). The molecule has 2 aromatic heterocycles. The van der Waals surface area contributed by atoms with Crippen molar-refractivity contribution in [1.29, 1.82) is 0 Å². The Balaban J connectivity index is 1.54. The third kappa shape index (κ3) is 4.91. The van der Waals surface area contributed by atoms with Gasteiger partial charge in [-0.05, 0) is 43.5 Å². The van der Waals surface area contributed by atoms with Crippen LogP contribution in [0.3, 0.4) is 0 Å². The van der Waals surface area contributed by atoms with Crippen molar-refractivity contribution >= 4 is 32.7 Å². The Kier molecular flexibility index (Phi) is 6.75. The molecule has 0 radical (unpaired) electrons. The SMILES string of the molecule is CCCS(=O)(=O)N1CCCCC1C(=O)NNC(=O)c1cc(-c2ccco2)nc2ccccc12. The maximum atomic E-state index is 13.0. The summed E-state index contributed by atoms with van der Waals surface area (Å²) in [6.07, 6.45) is 3.85. The van der Waals surface area contributed by atoms with Gasteiger partial charge in [0.1, 0.15) is 11.7 Å². The van der Waals surface area contributed by atoms with Crippen molar-refractivity contribution in [2.24, 2.45) is 0 Å². The van der Waals surface area contributed by atoms with Gasteiger partial charge < -0.3 is 4.42 Å².